The number of carbonyl (C=O) groups is 4. The quantitative estimate of drug-likeness (QED) is 0.239. The number of carbonyl (C=O) groups excluding carboxylic acids is 4. The molecule has 228 valence electrons. The van der Waals surface area contributed by atoms with E-state index in [-0.39, 0.29) is 33.1 Å². The number of esters is 2. The number of ether oxygens (including phenoxy) is 3. The number of anilines is 1. The molecule has 11 nitrogen and oxygen atoms in total. The van der Waals surface area contributed by atoms with Crippen molar-refractivity contribution < 1.29 is 33.4 Å². The number of nitrogens with one attached hydrogen (secondary N) is 1. The van der Waals surface area contributed by atoms with Gasteiger partial charge in [0.1, 0.15) is 4.47 Å². The summed E-state index contributed by atoms with van der Waals surface area (Å²) in [7, 11) is 3.85. The summed E-state index contributed by atoms with van der Waals surface area (Å²) in [6.45, 7) is 3.73. The van der Waals surface area contributed by atoms with Gasteiger partial charge in [0.25, 0.3) is 5.91 Å². The monoisotopic (exact) mass is 726 g/mol. The van der Waals surface area contributed by atoms with Crippen molar-refractivity contribution in [2.75, 3.05) is 19.0 Å². The van der Waals surface area contributed by atoms with Gasteiger partial charge in [-0.25, -0.2) is 0 Å². The standard InChI is InChI=1S/C31H28Br2N4O7/c1-17(38)37-31(44-30(35-37)23-16-24(32)28(43-19(3)40)26(33)27(23)42-18(2)39)25(34-29(41)21-9-7-6-8-10-21)15-20-11-13-22(14-12-20)36(4)5/h6-16,31H,1-5H3,(H,34,41)/b25-15-/t31-/m1/s1. The summed E-state index contributed by atoms with van der Waals surface area (Å²) in [6, 6.07) is 17.6. The van der Waals surface area contributed by atoms with Gasteiger partial charge in [0, 0.05) is 46.1 Å². The molecular weight excluding hydrogens is 700 g/mol. The molecule has 2 amide bonds. The van der Waals surface area contributed by atoms with E-state index in [2.05, 4.69) is 42.3 Å². The lowest BCUT2D eigenvalue weighted by Gasteiger charge is -2.23. The molecule has 0 aromatic heterocycles. The summed E-state index contributed by atoms with van der Waals surface area (Å²) in [4.78, 5) is 51.9. The van der Waals surface area contributed by atoms with Crippen LogP contribution in [0.25, 0.3) is 6.08 Å². The predicted octanol–water partition coefficient (Wildman–Crippen LogP) is 5.47. The van der Waals surface area contributed by atoms with Gasteiger partial charge in [-0.05, 0) is 73.8 Å². The van der Waals surface area contributed by atoms with Gasteiger partial charge in [0.05, 0.1) is 15.7 Å². The fraction of sp³-hybridized carbons (Fsp3) is 0.194. The van der Waals surface area contributed by atoms with E-state index in [0.717, 1.165) is 16.3 Å². The van der Waals surface area contributed by atoms with Gasteiger partial charge in [-0.15, -0.1) is 5.10 Å². The normalized spacial score (nSPS) is 14.3. The molecule has 0 saturated heterocycles. The molecule has 13 heteroatoms. The molecule has 1 heterocycles. The number of amides is 2. The summed E-state index contributed by atoms with van der Waals surface area (Å²) >= 11 is 6.72. The number of hydrazone groups is 1. The van der Waals surface area contributed by atoms with E-state index < -0.39 is 30.0 Å². The molecule has 1 aliphatic rings. The van der Waals surface area contributed by atoms with Crippen LogP contribution in [0.1, 0.15) is 42.3 Å². The summed E-state index contributed by atoms with van der Waals surface area (Å²) in [5.74, 6) is -2.28. The third-order valence-corrected chi connectivity index (χ3v) is 7.42. The van der Waals surface area contributed by atoms with Crippen LogP contribution >= 0.6 is 31.9 Å². The van der Waals surface area contributed by atoms with E-state index in [0.29, 0.717) is 10.0 Å². The minimum atomic E-state index is -1.21. The Morgan fingerprint density at radius 3 is 2.11 bits per heavy atom. The molecule has 3 aromatic rings. The summed E-state index contributed by atoms with van der Waals surface area (Å²) in [5, 5.41) is 8.34. The predicted molar refractivity (Wildman–Crippen MR) is 171 cm³/mol. The Hall–Kier alpha value is -4.49. The molecule has 0 bridgehead atoms. The van der Waals surface area contributed by atoms with Crippen LogP contribution in [0.15, 0.2) is 80.4 Å². The summed E-state index contributed by atoms with van der Waals surface area (Å²) in [5.41, 5.74) is 2.45. The highest BCUT2D eigenvalue weighted by molar-refractivity contribution is 9.11. The number of halogens is 2. The molecule has 1 aliphatic heterocycles. The highest BCUT2D eigenvalue weighted by Crippen LogP contribution is 2.44. The minimum Gasteiger partial charge on any atom is -0.444 e. The van der Waals surface area contributed by atoms with Crippen LogP contribution in [0.3, 0.4) is 0 Å². The number of rotatable bonds is 8. The Morgan fingerprint density at radius 1 is 0.932 bits per heavy atom. The van der Waals surface area contributed by atoms with Crippen LogP contribution in [-0.2, 0) is 19.1 Å². The second-order valence-corrected chi connectivity index (χ2v) is 11.4. The Labute approximate surface area is 270 Å². The van der Waals surface area contributed by atoms with Crippen LogP contribution in [0.2, 0.25) is 0 Å². The lowest BCUT2D eigenvalue weighted by molar-refractivity contribution is -0.134. The van der Waals surface area contributed by atoms with Crippen molar-refractivity contribution in [1.82, 2.24) is 10.3 Å². The number of nitrogens with zero attached hydrogens (tertiary/aromatic N) is 3. The zero-order chi connectivity index (χ0) is 32.1. The van der Waals surface area contributed by atoms with E-state index in [1.165, 1.54) is 26.8 Å². The SMILES string of the molecule is CC(=O)Oc1c(Br)cc(C2=NN(C(C)=O)[C@@H](/C(=C/c3ccc(N(C)C)cc3)NC(=O)c3ccccc3)O2)c(OC(C)=O)c1Br. The van der Waals surface area contributed by atoms with Crippen molar-refractivity contribution in [3.63, 3.8) is 0 Å². The first-order chi connectivity index (χ1) is 20.8. The van der Waals surface area contributed by atoms with Gasteiger partial charge in [-0.3, -0.25) is 19.2 Å². The summed E-state index contributed by atoms with van der Waals surface area (Å²) < 4.78 is 17.4. The molecule has 0 radical (unpaired) electrons. The van der Waals surface area contributed by atoms with Crippen molar-refractivity contribution in [2.24, 2.45) is 5.10 Å². The third kappa shape index (κ3) is 7.53. The molecule has 0 spiro atoms. The molecule has 0 unspecified atom stereocenters. The van der Waals surface area contributed by atoms with E-state index in [1.807, 2.05) is 43.3 Å². The Morgan fingerprint density at radius 2 is 1.55 bits per heavy atom. The number of hydrogen-bond acceptors (Lipinski definition) is 9. The van der Waals surface area contributed by atoms with E-state index in [1.54, 1.807) is 36.4 Å². The number of hydrogen-bond donors (Lipinski definition) is 1. The molecule has 1 N–H and O–H groups in total. The Balaban J connectivity index is 1.81. The van der Waals surface area contributed by atoms with Gasteiger partial charge in [0.15, 0.2) is 11.5 Å². The lowest BCUT2D eigenvalue weighted by Crippen LogP contribution is -2.40. The highest BCUT2D eigenvalue weighted by Gasteiger charge is 2.38. The topological polar surface area (TPSA) is 127 Å². The molecule has 1 atom stereocenters. The smallest absolute Gasteiger partial charge is 0.308 e. The zero-order valence-electron chi connectivity index (χ0n) is 24.4. The highest BCUT2D eigenvalue weighted by atomic mass is 79.9. The fourth-order valence-electron chi connectivity index (χ4n) is 4.11. The van der Waals surface area contributed by atoms with Gasteiger partial charge in [0.2, 0.25) is 18.0 Å². The molecular formula is C31H28Br2N4O7. The third-order valence-electron chi connectivity index (χ3n) is 6.11. The second-order valence-electron chi connectivity index (χ2n) is 9.71. The van der Waals surface area contributed by atoms with Gasteiger partial charge < -0.3 is 24.4 Å². The minimum absolute atomic E-state index is 0.0574. The molecule has 0 fully saturated rings. The van der Waals surface area contributed by atoms with Crippen LogP contribution < -0.4 is 19.7 Å². The first-order valence-electron chi connectivity index (χ1n) is 13.1. The second kappa shape index (κ2) is 13.9. The van der Waals surface area contributed by atoms with Crippen molar-refractivity contribution >= 4 is 73.3 Å². The average molecular weight is 728 g/mol. The maximum absolute atomic E-state index is 13.3. The largest absolute Gasteiger partial charge is 0.444 e. The van der Waals surface area contributed by atoms with Crippen molar-refractivity contribution in [1.29, 1.82) is 0 Å². The average Bonchev–Trinajstić information content (AvgIpc) is 3.42. The van der Waals surface area contributed by atoms with Crippen LogP contribution in [0.4, 0.5) is 5.69 Å². The van der Waals surface area contributed by atoms with Crippen LogP contribution in [0, 0.1) is 0 Å². The lowest BCUT2D eigenvalue weighted by atomic mass is 10.1. The van der Waals surface area contributed by atoms with Crippen molar-refractivity contribution in [2.45, 2.75) is 27.0 Å². The van der Waals surface area contributed by atoms with E-state index in [9.17, 15) is 19.2 Å². The van der Waals surface area contributed by atoms with Crippen LogP contribution in [0.5, 0.6) is 11.5 Å². The fourth-order valence-corrected chi connectivity index (χ4v) is 5.47. The maximum atomic E-state index is 13.3. The van der Waals surface area contributed by atoms with Gasteiger partial charge in [-0.2, -0.15) is 5.01 Å². The molecule has 44 heavy (non-hydrogen) atoms. The first kappa shape index (κ1) is 32.4. The zero-order valence-corrected chi connectivity index (χ0v) is 27.6. The maximum Gasteiger partial charge on any atom is 0.308 e. The molecule has 4 rings (SSSR count). The van der Waals surface area contributed by atoms with Crippen molar-refractivity contribution in [3.05, 3.63) is 92.0 Å². The van der Waals surface area contributed by atoms with E-state index >= 15 is 0 Å². The molecule has 0 saturated carbocycles. The first-order valence-corrected chi connectivity index (χ1v) is 14.7. The Bertz CT molecular complexity index is 1670. The molecule has 0 aliphatic carbocycles. The number of benzene rings is 3. The van der Waals surface area contributed by atoms with Crippen molar-refractivity contribution in [3.8, 4) is 11.5 Å². The van der Waals surface area contributed by atoms with Crippen LogP contribution in [-0.4, -0.2) is 55.0 Å². The van der Waals surface area contributed by atoms with Gasteiger partial charge in [-0.1, -0.05) is 30.3 Å². The molecule has 3 aromatic carbocycles. The Kier molecular flexibility index (Phi) is 10.2. The van der Waals surface area contributed by atoms with E-state index in [4.69, 9.17) is 14.2 Å². The van der Waals surface area contributed by atoms with Gasteiger partial charge >= 0.3 is 11.9 Å². The summed E-state index contributed by atoms with van der Waals surface area (Å²) in [6.07, 6.45) is 0.474.